The number of carbonyl (C=O) groups is 6. The topological polar surface area (TPSA) is 163 Å². The largest absolute Gasteiger partial charge is 0.453 e. The Balaban J connectivity index is 1.55. The maximum absolute atomic E-state index is 13.3. The summed E-state index contributed by atoms with van der Waals surface area (Å²) in [6, 6.07) is 10.9. The van der Waals surface area contributed by atoms with Crippen LogP contribution in [0.1, 0.15) is 71.2 Å². The fourth-order valence-electron chi connectivity index (χ4n) is 5.35. The summed E-state index contributed by atoms with van der Waals surface area (Å²) in [5.41, 5.74) is 1.18. The predicted molar refractivity (Wildman–Crippen MR) is 185 cm³/mol. The first-order valence-electron chi connectivity index (χ1n) is 16.7. The van der Waals surface area contributed by atoms with Crippen molar-refractivity contribution < 1.29 is 38.2 Å². The molecule has 1 aliphatic heterocycles. The first-order valence-corrected chi connectivity index (χ1v) is 16.7. The zero-order valence-corrected chi connectivity index (χ0v) is 29.4. The number of methoxy groups -OCH3 is 1. The molecule has 0 aromatic heterocycles. The van der Waals surface area contributed by atoms with Crippen LogP contribution in [0.25, 0.3) is 0 Å². The first-order chi connectivity index (χ1) is 23.2. The van der Waals surface area contributed by atoms with Gasteiger partial charge >= 0.3 is 12.1 Å². The molecule has 3 atom stereocenters. The minimum absolute atomic E-state index is 0.0525. The van der Waals surface area contributed by atoms with E-state index in [4.69, 9.17) is 4.74 Å². The number of anilines is 2. The summed E-state index contributed by atoms with van der Waals surface area (Å²) >= 11 is 0. The van der Waals surface area contributed by atoms with Gasteiger partial charge in [-0.05, 0) is 79.6 Å². The third-order valence-corrected chi connectivity index (χ3v) is 8.50. The molecule has 5 amide bonds. The van der Waals surface area contributed by atoms with Crippen molar-refractivity contribution in [1.82, 2.24) is 15.1 Å². The van der Waals surface area contributed by atoms with E-state index < -0.39 is 24.1 Å². The van der Waals surface area contributed by atoms with Gasteiger partial charge in [0.15, 0.2) is 0 Å². The van der Waals surface area contributed by atoms with Crippen molar-refractivity contribution in [3.05, 3.63) is 54.1 Å². The molecule has 0 saturated carbocycles. The van der Waals surface area contributed by atoms with Gasteiger partial charge in [-0.15, -0.1) is 0 Å². The van der Waals surface area contributed by atoms with Crippen LogP contribution in [0.5, 0.6) is 5.75 Å². The van der Waals surface area contributed by atoms with Crippen molar-refractivity contribution in [2.45, 2.75) is 72.9 Å². The summed E-state index contributed by atoms with van der Waals surface area (Å²) in [5.74, 6) is -1.69. The van der Waals surface area contributed by atoms with E-state index in [0.29, 0.717) is 37.3 Å². The van der Waals surface area contributed by atoms with Gasteiger partial charge in [0.1, 0.15) is 17.8 Å². The Morgan fingerprint density at radius 2 is 1.49 bits per heavy atom. The van der Waals surface area contributed by atoms with E-state index in [2.05, 4.69) is 20.7 Å². The van der Waals surface area contributed by atoms with Crippen LogP contribution >= 0.6 is 0 Å². The fraction of sp³-hybridized carbons (Fsp3) is 0.500. The molecule has 1 fully saturated rings. The van der Waals surface area contributed by atoms with Crippen LogP contribution in [0.4, 0.5) is 16.2 Å². The van der Waals surface area contributed by atoms with Crippen LogP contribution in [0.15, 0.2) is 48.5 Å². The molecule has 0 bridgehead atoms. The van der Waals surface area contributed by atoms with Crippen molar-refractivity contribution >= 4 is 47.1 Å². The number of rotatable bonds is 14. The number of hydrogen-bond donors (Lipinski definition) is 3. The molecule has 49 heavy (non-hydrogen) atoms. The van der Waals surface area contributed by atoms with Crippen molar-refractivity contribution in [2.24, 2.45) is 17.8 Å². The maximum atomic E-state index is 13.3. The van der Waals surface area contributed by atoms with Gasteiger partial charge in [0.05, 0.1) is 19.2 Å². The molecule has 2 aromatic carbocycles. The first kappa shape index (κ1) is 38.5. The van der Waals surface area contributed by atoms with E-state index in [-0.39, 0.29) is 59.2 Å². The van der Waals surface area contributed by atoms with Gasteiger partial charge < -0.3 is 35.2 Å². The van der Waals surface area contributed by atoms with Crippen LogP contribution in [0, 0.1) is 17.8 Å². The SMILES string of the molecule is CCCN(CC(=O)Nc1ccc(OC(=O)c2ccc(NC(=O)C3CCCN3C(=O)C(NC(=O)OC)C(C)C)cc2)cc1)C(=O)C(C)C(C)C. The smallest absolute Gasteiger partial charge is 0.407 e. The average molecular weight is 680 g/mol. The highest BCUT2D eigenvalue weighted by Crippen LogP contribution is 2.23. The Labute approximate surface area is 288 Å². The Hall–Kier alpha value is -4.94. The van der Waals surface area contributed by atoms with E-state index >= 15 is 0 Å². The monoisotopic (exact) mass is 679 g/mol. The number of nitrogens with one attached hydrogen (secondary N) is 3. The molecule has 3 rings (SSSR count). The van der Waals surface area contributed by atoms with Gasteiger partial charge in [0.2, 0.25) is 23.6 Å². The molecule has 0 aliphatic carbocycles. The molecule has 1 heterocycles. The van der Waals surface area contributed by atoms with Gasteiger partial charge in [-0.2, -0.15) is 0 Å². The summed E-state index contributed by atoms with van der Waals surface area (Å²) in [4.78, 5) is 79.6. The number of amides is 5. The zero-order valence-electron chi connectivity index (χ0n) is 29.4. The second-order valence-electron chi connectivity index (χ2n) is 12.9. The summed E-state index contributed by atoms with van der Waals surface area (Å²) in [5, 5.41) is 8.15. The summed E-state index contributed by atoms with van der Waals surface area (Å²) in [6.45, 7) is 12.2. The van der Waals surface area contributed by atoms with Gasteiger partial charge in [-0.25, -0.2) is 9.59 Å². The standard InChI is InChI=1S/C36H49N5O8/c1-8-19-40(33(44)24(6)22(2)3)21-30(42)37-26-15-17-28(18-16-26)49-35(46)25-11-13-27(14-12-25)38-32(43)29-10-9-20-41(29)34(45)31(23(4)5)39-36(47)48-7/h11-18,22-24,29,31H,8-10,19-21H2,1-7H3,(H,37,42)(H,38,43)(H,39,47). The van der Waals surface area contributed by atoms with Gasteiger partial charge in [-0.1, -0.05) is 41.5 Å². The number of likely N-dealkylation sites (tertiary alicyclic amines) is 1. The lowest BCUT2D eigenvalue weighted by Crippen LogP contribution is -2.54. The van der Waals surface area contributed by atoms with Crippen LogP contribution < -0.4 is 20.7 Å². The normalized spacial score (nSPS) is 15.3. The average Bonchev–Trinajstić information content (AvgIpc) is 3.57. The van der Waals surface area contributed by atoms with E-state index in [1.54, 1.807) is 55.1 Å². The number of benzene rings is 2. The zero-order chi connectivity index (χ0) is 36.2. The lowest BCUT2D eigenvalue weighted by Gasteiger charge is -2.30. The summed E-state index contributed by atoms with van der Waals surface area (Å²) in [6.07, 6.45) is 1.13. The molecule has 13 heteroatoms. The highest BCUT2D eigenvalue weighted by Gasteiger charge is 2.39. The molecule has 0 spiro atoms. The van der Waals surface area contributed by atoms with Crippen molar-refractivity contribution in [2.75, 3.05) is 37.4 Å². The third-order valence-electron chi connectivity index (χ3n) is 8.50. The molecular formula is C36H49N5O8. The van der Waals surface area contributed by atoms with Crippen LogP contribution in [0.2, 0.25) is 0 Å². The van der Waals surface area contributed by atoms with Crippen LogP contribution in [-0.2, 0) is 23.9 Å². The number of ether oxygens (including phenoxy) is 2. The van der Waals surface area contributed by atoms with E-state index in [0.717, 1.165) is 6.42 Å². The Bertz CT molecular complexity index is 1480. The van der Waals surface area contributed by atoms with Crippen LogP contribution in [0.3, 0.4) is 0 Å². The Morgan fingerprint density at radius 3 is 2.06 bits per heavy atom. The Morgan fingerprint density at radius 1 is 0.878 bits per heavy atom. The van der Waals surface area contributed by atoms with Gasteiger partial charge in [0.25, 0.3) is 0 Å². The van der Waals surface area contributed by atoms with Crippen molar-refractivity contribution in [1.29, 1.82) is 0 Å². The highest BCUT2D eigenvalue weighted by molar-refractivity contribution is 5.99. The number of hydrogen-bond acceptors (Lipinski definition) is 8. The number of alkyl carbamates (subject to hydrolysis) is 1. The minimum atomic E-state index is -0.835. The summed E-state index contributed by atoms with van der Waals surface area (Å²) in [7, 11) is 1.22. The second-order valence-corrected chi connectivity index (χ2v) is 12.9. The minimum Gasteiger partial charge on any atom is -0.453 e. The van der Waals surface area contributed by atoms with E-state index in [9.17, 15) is 28.8 Å². The summed E-state index contributed by atoms with van der Waals surface area (Å²) < 4.78 is 10.1. The molecular weight excluding hydrogens is 630 g/mol. The predicted octanol–water partition coefficient (Wildman–Crippen LogP) is 4.69. The molecule has 1 saturated heterocycles. The molecule has 1 aliphatic rings. The number of nitrogens with zero attached hydrogens (tertiary/aromatic N) is 2. The second kappa shape index (κ2) is 18.0. The highest BCUT2D eigenvalue weighted by atomic mass is 16.5. The van der Waals surface area contributed by atoms with Gasteiger partial charge in [-0.3, -0.25) is 19.2 Å². The molecule has 13 nitrogen and oxygen atoms in total. The lowest BCUT2D eigenvalue weighted by molar-refractivity contribution is -0.139. The van der Waals surface area contributed by atoms with Gasteiger partial charge in [0, 0.05) is 30.4 Å². The quantitative estimate of drug-likeness (QED) is 0.191. The third kappa shape index (κ3) is 10.8. The van der Waals surface area contributed by atoms with E-state index in [1.807, 2.05) is 27.7 Å². The number of carbonyl (C=O) groups excluding carboxylic acids is 6. The molecule has 0 radical (unpaired) electrons. The molecule has 2 aromatic rings. The van der Waals surface area contributed by atoms with E-state index in [1.165, 1.54) is 24.1 Å². The molecule has 3 unspecified atom stereocenters. The maximum Gasteiger partial charge on any atom is 0.407 e. The molecule has 3 N–H and O–H groups in total. The fourth-order valence-corrected chi connectivity index (χ4v) is 5.35. The molecule has 266 valence electrons. The number of esters is 1. The van der Waals surface area contributed by atoms with Crippen molar-refractivity contribution in [3.8, 4) is 5.75 Å². The lowest BCUT2D eigenvalue weighted by atomic mass is 9.96. The van der Waals surface area contributed by atoms with Crippen molar-refractivity contribution in [3.63, 3.8) is 0 Å². The van der Waals surface area contributed by atoms with Crippen LogP contribution in [-0.4, -0.2) is 84.3 Å². The Kier molecular flexibility index (Phi) is 14.1.